The van der Waals surface area contributed by atoms with Crippen molar-refractivity contribution in [2.45, 2.75) is 19.3 Å². The molecule has 0 saturated carbocycles. The summed E-state index contributed by atoms with van der Waals surface area (Å²) in [7, 11) is 0. The van der Waals surface area contributed by atoms with Gasteiger partial charge in [0.15, 0.2) is 0 Å². The average molecular weight is 907 g/mol. The topological polar surface area (TPSA) is 36.7 Å². The minimum absolute atomic E-state index is 0.104. The summed E-state index contributed by atoms with van der Waals surface area (Å²) >= 11 is 1.85. The molecule has 14 rings (SSSR count). The number of benzene rings is 10. The molecule has 0 saturated heterocycles. The summed E-state index contributed by atoms with van der Waals surface area (Å²) in [6.45, 7) is 4.68. The minimum Gasteiger partial charge on any atom is -0.248 e. The molecule has 2 aliphatic rings. The van der Waals surface area contributed by atoms with Gasteiger partial charge in [0.1, 0.15) is 0 Å². The van der Waals surface area contributed by atoms with Crippen LogP contribution >= 0.6 is 11.3 Å². The molecule has 70 heavy (non-hydrogen) atoms. The molecule has 0 atom stereocenters. The highest BCUT2D eigenvalue weighted by Crippen LogP contribution is 2.54. The highest BCUT2D eigenvalue weighted by Gasteiger charge is 2.37. The Morgan fingerprint density at radius 1 is 0.371 bits per heavy atom. The van der Waals surface area contributed by atoms with Gasteiger partial charge in [-0.05, 0) is 136 Å². The maximum atomic E-state index is 9.35. The maximum absolute atomic E-state index is 9.35. The number of hydrogen-bond donors (Lipinski definition) is 0. The van der Waals surface area contributed by atoms with Crippen LogP contribution in [0.4, 0.5) is 0 Å². The molecule has 0 N–H and O–H groups in total. The minimum atomic E-state index is -0.104. The number of aromatic nitrogens is 1. The van der Waals surface area contributed by atoms with E-state index in [1.807, 2.05) is 35.6 Å². The van der Waals surface area contributed by atoms with Crippen LogP contribution in [0.25, 0.3) is 131 Å². The molecule has 3 heteroatoms. The second kappa shape index (κ2) is 15.4. The third kappa shape index (κ3) is 6.14. The first-order valence-corrected chi connectivity index (χ1v) is 24.8. The van der Waals surface area contributed by atoms with Crippen molar-refractivity contribution in [1.29, 1.82) is 5.26 Å². The van der Waals surface area contributed by atoms with Crippen LogP contribution < -0.4 is 0 Å². The standard InChI is InChI=1S/C67H42N2S/c1-67(2)58-17-9-8-15-56(58)64-57(16-10-18-59(64)67)61-36-47(35-60(69-61)44-11-4-3-5-12-44)42-23-25-43(26-24-42)48-31-33-54-50-13-6-7-14-51(50)55-34-32-49(65(48)66(54)55)46-28-30-53-52-29-27-45(37-62(52)70-63(53)38-46)41-21-19-40(39-68)20-22-41/h3-38H,1-2H3. The van der Waals surface area contributed by atoms with Crippen LogP contribution in [0.2, 0.25) is 0 Å². The lowest BCUT2D eigenvalue weighted by atomic mass is 9.82. The van der Waals surface area contributed by atoms with Gasteiger partial charge in [-0.3, -0.25) is 0 Å². The summed E-state index contributed by atoms with van der Waals surface area (Å²) in [4.78, 5) is 5.42. The van der Waals surface area contributed by atoms with Crippen LogP contribution in [-0.2, 0) is 5.41 Å². The number of fused-ring (bicyclic) bond motifs is 9. The Bertz CT molecular complexity index is 4160. The molecule has 0 aliphatic heterocycles. The van der Waals surface area contributed by atoms with Gasteiger partial charge >= 0.3 is 0 Å². The number of nitriles is 1. The highest BCUT2D eigenvalue weighted by molar-refractivity contribution is 7.25. The van der Waals surface area contributed by atoms with Crippen molar-refractivity contribution in [2.75, 3.05) is 0 Å². The van der Waals surface area contributed by atoms with Gasteiger partial charge in [-0.15, -0.1) is 11.3 Å². The number of thiophene rings is 1. The van der Waals surface area contributed by atoms with Crippen molar-refractivity contribution in [1.82, 2.24) is 4.98 Å². The third-order valence-electron chi connectivity index (χ3n) is 15.1. The molecule has 0 radical (unpaired) electrons. The van der Waals surface area contributed by atoms with Crippen LogP contribution in [-0.4, -0.2) is 4.98 Å². The lowest BCUT2D eigenvalue weighted by Gasteiger charge is -2.21. The van der Waals surface area contributed by atoms with E-state index in [9.17, 15) is 5.26 Å². The fraction of sp³-hybridized carbons (Fsp3) is 0.0448. The Labute approximate surface area is 411 Å². The fourth-order valence-corrected chi connectivity index (χ4v) is 12.8. The summed E-state index contributed by atoms with van der Waals surface area (Å²) < 4.78 is 2.52. The molecule has 0 bridgehead atoms. The molecule has 10 aromatic carbocycles. The zero-order chi connectivity index (χ0) is 46.7. The molecule has 2 aliphatic carbocycles. The Balaban J connectivity index is 0.903. The van der Waals surface area contributed by atoms with Crippen molar-refractivity contribution in [3.63, 3.8) is 0 Å². The molecule has 2 heterocycles. The molecule has 0 fully saturated rings. The Morgan fingerprint density at radius 3 is 1.60 bits per heavy atom. The number of hydrogen-bond acceptors (Lipinski definition) is 3. The zero-order valence-electron chi connectivity index (χ0n) is 38.6. The second-order valence-corrected chi connectivity index (χ2v) is 20.4. The van der Waals surface area contributed by atoms with Gasteiger partial charge < -0.3 is 0 Å². The van der Waals surface area contributed by atoms with Gasteiger partial charge in [-0.1, -0.05) is 196 Å². The molecule has 0 amide bonds. The van der Waals surface area contributed by atoms with Gasteiger partial charge in [0.2, 0.25) is 0 Å². The van der Waals surface area contributed by atoms with E-state index in [-0.39, 0.29) is 5.41 Å². The fourth-order valence-electron chi connectivity index (χ4n) is 11.6. The first-order chi connectivity index (χ1) is 34.4. The summed E-state index contributed by atoms with van der Waals surface area (Å²) in [5.41, 5.74) is 24.6. The van der Waals surface area contributed by atoms with Crippen LogP contribution in [0.3, 0.4) is 0 Å². The van der Waals surface area contributed by atoms with E-state index in [0.717, 1.165) is 44.8 Å². The molecule has 326 valence electrons. The molecule has 12 aromatic rings. The van der Waals surface area contributed by atoms with E-state index < -0.39 is 0 Å². The van der Waals surface area contributed by atoms with Crippen molar-refractivity contribution in [3.05, 3.63) is 235 Å². The Hall–Kier alpha value is -8.68. The third-order valence-corrected chi connectivity index (χ3v) is 16.2. The number of rotatable bonds is 6. The molecule has 0 spiro atoms. The van der Waals surface area contributed by atoms with E-state index in [0.29, 0.717) is 5.56 Å². The molecular formula is C67H42N2S. The lowest BCUT2D eigenvalue weighted by molar-refractivity contribution is 0.660. The number of pyridine rings is 1. The van der Waals surface area contributed by atoms with Crippen LogP contribution in [0.15, 0.2) is 218 Å². The Morgan fingerprint density at radius 2 is 0.886 bits per heavy atom. The van der Waals surface area contributed by atoms with Crippen molar-refractivity contribution < 1.29 is 0 Å². The normalized spacial score (nSPS) is 12.8. The summed E-state index contributed by atoms with van der Waals surface area (Å²) in [5, 5.41) is 14.5. The zero-order valence-corrected chi connectivity index (χ0v) is 39.4. The van der Waals surface area contributed by atoms with Gasteiger partial charge in [0.25, 0.3) is 0 Å². The predicted molar refractivity (Wildman–Crippen MR) is 294 cm³/mol. The first-order valence-electron chi connectivity index (χ1n) is 24.0. The SMILES string of the molecule is CC1(C)c2ccccc2-c2c(-c3cc(-c4ccc(-c5ccc6c7c(ccc(-c8ccc9c(c8)sc8cc(-c%10ccc(C#N)cc%10)ccc89)c57)-c5ccccc5-6)cc4)cc(-c4ccccc4)n3)cccc21. The van der Waals surface area contributed by atoms with Gasteiger partial charge in [-0.25, -0.2) is 4.98 Å². The second-order valence-electron chi connectivity index (χ2n) is 19.3. The Kier molecular flexibility index (Phi) is 8.90. The first kappa shape index (κ1) is 40.4. The van der Waals surface area contributed by atoms with E-state index >= 15 is 0 Å². The predicted octanol–water partition coefficient (Wildman–Crippen LogP) is 18.4. The number of nitrogens with zero attached hydrogens (tertiary/aromatic N) is 2. The van der Waals surface area contributed by atoms with E-state index in [1.54, 1.807) is 0 Å². The molecule has 0 unspecified atom stereocenters. The van der Waals surface area contributed by atoms with E-state index in [1.165, 1.54) is 97.7 Å². The highest BCUT2D eigenvalue weighted by atomic mass is 32.1. The van der Waals surface area contributed by atoms with Crippen molar-refractivity contribution in [2.24, 2.45) is 0 Å². The van der Waals surface area contributed by atoms with Crippen LogP contribution in [0.5, 0.6) is 0 Å². The van der Waals surface area contributed by atoms with Crippen molar-refractivity contribution in [3.8, 4) is 106 Å². The maximum Gasteiger partial charge on any atom is 0.0991 e. The summed E-state index contributed by atoms with van der Waals surface area (Å²) in [6.07, 6.45) is 0. The quantitative estimate of drug-likeness (QED) is 0.167. The largest absolute Gasteiger partial charge is 0.248 e. The van der Waals surface area contributed by atoms with Gasteiger partial charge in [-0.2, -0.15) is 5.26 Å². The molecule has 2 aromatic heterocycles. The van der Waals surface area contributed by atoms with Crippen molar-refractivity contribution >= 4 is 42.3 Å². The van der Waals surface area contributed by atoms with E-state index in [2.05, 4.69) is 214 Å². The average Bonchev–Trinajstić information content (AvgIpc) is 4.04. The lowest BCUT2D eigenvalue weighted by Crippen LogP contribution is -2.14. The summed E-state index contributed by atoms with van der Waals surface area (Å²) in [5.74, 6) is 0. The van der Waals surface area contributed by atoms with E-state index in [4.69, 9.17) is 4.98 Å². The molecular weight excluding hydrogens is 865 g/mol. The van der Waals surface area contributed by atoms with Crippen LogP contribution in [0, 0.1) is 11.3 Å². The molecule has 2 nitrogen and oxygen atoms in total. The van der Waals surface area contributed by atoms with Gasteiger partial charge in [0, 0.05) is 36.7 Å². The monoisotopic (exact) mass is 906 g/mol. The van der Waals surface area contributed by atoms with Gasteiger partial charge in [0.05, 0.1) is 23.0 Å². The summed E-state index contributed by atoms with van der Waals surface area (Å²) in [6, 6.07) is 82.0. The van der Waals surface area contributed by atoms with Crippen LogP contribution in [0.1, 0.15) is 30.5 Å². The smallest absolute Gasteiger partial charge is 0.0991 e.